The van der Waals surface area contributed by atoms with Crippen molar-refractivity contribution in [2.24, 2.45) is 0 Å². The van der Waals surface area contributed by atoms with Crippen LogP contribution in [0, 0.1) is 11.3 Å². The van der Waals surface area contributed by atoms with Crippen LogP contribution in [0.15, 0.2) is 41.2 Å². The maximum absolute atomic E-state index is 11.6. The molecule has 0 aliphatic rings. The third-order valence-electron chi connectivity index (χ3n) is 2.59. The number of benzene rings is 1. The Morgan fingerprint density at radius 2 is 2.17 bits per heavy atom. The maximum atomic E-state index is 11.6. The molecule has 2 aromatic rings. The molecule has 4 heteroatoms. The first-order chi connectivity index (χ1) is 8.74. The van der Waals surface area contributed by atoms with Gasteiger partial charge in [-0.15, -0.1) is 0 Å². The molecule has 0 fully saturated rings. The summed E-state index contributed by atoms with van der Waals surface area (Å²) in [5, 5.41) is 13.2. The average molecular weight is 239 g/mol. The van der Waals surface area contributed by atoms with Gasteiger partial charge in [-0.2, -0.15) is 10.4 Å². The Balaban J connectivity index is 2.47. The second-order valence-electron chi connectivity index (χ2n) is 3.97. The molecule has 0 amide bonds. The third kappa shape index (κ3) is 2.46. The fraction of sp³-hybridized carbons (Fsp3) is 0.214. The maximum Gasteiger partial charge on any atom is 0.266 e. The smallest absolute Gasteiger partial charge is 0.266 e. The van der Waals surface area contributed by atoms with Gasteiger partial charge in [0, 0.05) is 18.2 Å². The SMILES string of the molecule is CCCn1nc(-c2cccc(C#N)c2)ccc1=O. The van der Waals surface area contributed by atoms with Crippen LogP contribution in [0.5, 0.6) is 0 Å². The standard InChI is InChI=1S/C14H13N3O/c1-2-8-17-14(18)7-6-13(16-17)12-5-3-4-11(9-12)10-15/h3-7,9H,2,8H2,1H3. The third-order valence-corrected chi connectivity index (χ3v) is 2.59. The summed E-state index contributed by atoms with van der Waals surface area (Å²) in [5.74, 6) is 0. The summed E-state index contributed by atoms with van der Waals surface area (Å²) >= 11 is 0. The zero-order valence-electron chi connectivity index (χ0n) is 10.1. The van der Waals surface area contributed by atoms with Crippen LogP contribution >= 0.6 is 0 Å². The normalized spacial score (nSPS) is 10.0. The van der Waals surface area contributed by atoms with Crippen molar-refractivity contribution in [1.29, 1.82) is 5.26 Å². The summed E-state index contributed by atoms with van der Waals surface area (Å²) in [4.78, 5) is 11.6. The van der Waals surface area contributed by atoms with Crippen LogP contribution in [-0.2, 0) is 6.54 Å². The quantitative estimate of drug-likeness (QED) is 0.824. The number of rotatable bonds is 3. The van der Waals surface area contributed by atoms with Gasteiger partial charge in [-0.25, -0.2) is 4.68 Å². The Hall–Kier alpha value is -2.41. The fourth-order valence-corrected chi connectivity index (χ4v) is 1.72. The summed E-state index contributed by atoms with van der Waals surface area (Å²) in [5.41, 5.74) is 2.04. The first kappa shape index (κ1) is 12.1. The topological polar surface area (TPSA) is 58.7 Å². The predicted molar refractivity (Wildman–Crippen MR) is 68.9 cm³/mol. The Labute approximate surface area is 105 Å². The summed E-state index contributed by atoms with van der Waals surface area (Å²) in [7, 11) is 0. The van der Waals surface area contributed by atoms with Crippen molar-refractivity contribution in [1.82, 2.24) is 9.78 Å². The Morgan fingerprint density at radius 1 is 1.33 bits per heavy atom. The molecular formula is C14H13N3O. The van der Waals surface area contributed by atoms with Gasteiger partial charge >= 0.3 is 0 Å². The fourth-order valence-electron chi connectivity index (χ4n) is 1.72. The van der Waals surface area contributed by atoms with Crippen molar-refractivity contribution in [3.63, 3.8) is 0 Å². The number of nitrogens with zero attached hydrogens (tertiary/aromatic N) is 3. The van der Waals surface area contributed by atoms with Crippen LogP contribution in [0.3, 0.4) is 0 Å². The Morgan fingerprint density at radius 3 is 2.89 bits per heavy atom. The lowest BCUT2D eigenvalue weighted by atomic mass is 10.1. The number of nitriles is 1. The van der Waals surface area contributed by atoms with Gasteiger partial charge < -0.3 is 0 Å². The number of hydrogen-bond acceptors (Lipinski definition) is 3. The minimum absolute atomic E-state index is 0.1000. The number of aromatic nitrogens is 2. The van der Waals surface area contributed by atoms with Gasteiger partial charge in [0.15, 0.2) is 0 Å². The van der Waals surface area contributed by atoms with Crippen molar-refractivity contribution in [2.45, 2.75) is 19.9 Å². The molecule has 1 heterocycles. The largest absolute Gasteiger partial charge is 0.268 e. The van der Waals surface area contributed by atoms with Crippen molar-refractivity contribution in [2.75, 3.05) is 0 Å². The van der Waals surface area contributed by atoms with Crippen LogP contribution in [0.1, 0.15) is 18.9 Å². The Kier molecular flexibility index (Phi) is 3.54. The van der Waals surface area contributed by atoms with E-state index in [1.807, 2.05) is 19.1 Å². The lowest BCUT2D eigenvalue weighted by Crippen LogP contribution is -2.21. The molecule has 0 saturated heterocycles. The van der Waals surface area contributed by atoms with E-state index >= 15 is 0 Å². The highest BCUT2D eigenvalue weighted by molar-refractivity contribution is 5.60. The summed E-state index contributed by atoms with van der Waals surface area (Å²) in [6, 6.07) is 12.5. The van der Waals surface area contributed by atoms with Crippen LogP contribution in [0.25, 0.3) is 11.3 Å². The highest BCUT2D eigenvalue weighted by Crippen LogP contribution is 2.16. The molecule has 0 radical (unpaired) electrons. The minimum Gasteiger partial charge on any atom is -0.268 e. The highest BCUT2D eigenvalue weighted by Gasteiger charge is 2.03. The lowest BCUT2D eigenvalue weighted by molar-refractivity contribution is 0.570. The predicted octanol–water partition coefficient (Wildman–Crippen LogP) is 2.19. The van der Waals surface area contributed by atoms with E-state index in [1.54, 1.807) is 18.2 Å². The average Bonchev–Trinajstić information content (AvgIpc) is 2.41. The second kappa shape index (κ2) is 5.28. The van der Waals surface area contributed by atoms with Crippen molar-refractivity contribution < 1.29 is 0 Å². The molecule has 4 nitrogen and oxygen atoms in total. The molecule has 18 heavy (non-hydrogen) atoms. The van der Waals surface area contributed by atoms with Gasteiger partial charge in [0.25, 0.3) is 5.56 Å². The molecule has 0 atom stereocenters. The Bertz CT molecular complexity index is 653. The van der Waals surface area contributed by atoms with Gasteiger partial charge in [0.05, 0.1) is 17.3 Å². The molecule has 90 valence electrons. The minimum atomic E-state index is -0.1000. The molecule has 0 N–H and O–H groups in total. The highest BCUT2D eigenvalue weighted by atomic mass is 16.1. The van der Waals surface area contributed by atoms with Crippen LogP contribution in [0.4, 0.5) is 0 Å². The van der Waals surface area contributed by atoms with E-state index in [4.69, 9.17) is 5.26 Å². The molecule has 0 saturated carbocycles. The number of hydrogen-bond donors (Lipinski definition) is 0. The summed E-state index contributed by atoms with van der Waals surface area (Å²) < 4.78 is 1.45. The van der Waals surface area contributed by atoms with E-state index in [2.05, 4.69) is 11.2 Å². The lowest BCUT2D eigenvalue weighted by Gasteiger charge is -2.05. The van der Waals surface area contributed by atoms with Crippen LogP contribution in [-0.4, -0.2) is 9.78 Å². The molecule has 0 aliphatic heterocycles. The molecule has 0 bridgehead atoms. The van der Waals surface area contributed by atoms with E-state index in [0.717, 1.165) is 12.0 Å². The summed E-state index contributed by atoms with van der Waals surface area (Å²) in [6.07, 6.45) is 0.856. The van der Waals surface area contributed by atoms with Gasteiger partial charge in [-0.05, 0) is 24.6 Å². The number of aryl methyl sites for hydroxylation is 1. The van der Waals surface area contributed by atoms with Crippen LogP contribution < -0.4 is 5.56 Å². The first-order valence-corrected chi connectivity index (χ1v) is 5.83. The first-order valence-electron chi connectivity index (χ1n) is 5.83. The second-order valence-corrected chi connectivity index (χ2v) is 3.97. The van der Waals surface area contributed by atoms with Gasteiger partial charge in [0.1, 0.15) is 0 Å². The molecule has 0 spiro atoms. The van der Waals surface area contributed by atoms with E-state index in [9.17, 15) is 4.79 Å². The van der Waals surface area contributed by atoms with Crippen molar-refractivity contribution in [3.8, 4) is 17.3 Å². The van der Waals surface area contributed by atoms with E-state index in [-0.39, 0.29) is 5.56 Å². The molecule has 2 rings (SSSR count). The van der Waals surface area contributed by atoms with Gasteiger partial charge in [-0.1, -0.05) is 19.1 Å². The summed E-state index contributed by atoms with van der Waals surface area (Å²) in [6.45, 7) is 2.60. The van der Waals surface area contributed by atoms with E-state index in [0.29, 0.717) is 17.8 Å². The van der Waals surface area contributed by atoms with Crippen LogP contribution in [0.2, 0.25) is 0 Å². The monoisotopic (exact) mass is 239 g/mol. The van der Waals surface area contributed by atoms with E-state index in [1.165, 1.54) is 10.7 Å². The zero-order chi connectivity index (χ0) is 13.0. The van der Waals surface area contributed by atoms with Crippen molar-refractivity contribution in [3.05, 3.63) is 52.3 Å². The molecule has 0 unspecified atom stereocenters. The molecule has 1 aromatic carbocycles. The molecule has 0 aliphatic carbocycles. The van der Waals surface area contributed by atoms with E-state index < -0.39 is 0 Å². The molecule has 1 aromatic heterocycles. The van der Waals surface area contributed by atoms with Crippen molar-refractivity contribution >= 4 is 0 Å². The van der Waals surface area contributed by atoms with Gasteiger partial charge in [0.2, 0.25) is 0 Å². The molecular weight excluding hydrogens is 226 g/mol. The van der Waals surface area contributed by atoms with Gasteiger partial charge in [-0.3, -0.25) is 4.79 Å². The zero-order valence-corrected chi connectivity index (χ0v) is 10.1.